The van der Waals surface area contributed by atoms with Gasteiger partial charge in [0.15, 0.2) is 0 Å². The van der Waals surface area contributed by atoms with Gasteiger partial charge in [-0.05, 0) is 13.3 Å². The molecule has 4 nitrogen and oxygen atoms in total. The van der Waals surface area contributed by atoms with Gasteiger partial charge in [0.25, 0.3) is 0 Å². The summed E-state index contributed by atoms with van der Waals surface area (Å²) in [5, 5.41) is 2.68. The van der Waals surface area contributed by atoms with Crippen molar-refractivity contribution in [3.05, 3.63) is 12.2 Å². The molecular weight excluding hydrogens is 182 g/mol. The largest absolute Gasteiger partial charge is 0.462 e. The van der Waals surface area contributed by atoms with Crippen molar-refractivity contribution in [1.82, 2.24) is 5.32 Å². The molecule has 0 rings (SSSR count). The second-order valence-electron chi connectivity index (χ2n) is 2.97. The summed E-state index contributed by atoms with van der Waals surface area (Å²) in [5.41, 5.74) is 0.391. The normalized spacial score (nSPS) is 9.29. The van der Waals surface area contributed by atoms with Crippen LogP contribution >= 0.6 is 0 Å². The molecule has 0 spiro atoms. The highest BCUT2D eigenvalue weighted by Gasteiger charge is 2.02. The zero-order chi connectivity index (χ0) is 11.0. The van der Waals surface area contributed by atoms with Gasteiger partial charge in [-0.25, -0.2) is 4.79 Å². The third-order valence-electron chi connectivity index (χ3n) is 1.55. The lowest BCUT2D eigenvalue weighted by atomic mass is 10.3. The molecule has 0 fully saturated rings. The van der Waals surface area contributed by atoms with Crippen LogP contribution in [0, 0.1) is 0 Å². The molecule has 0 radical (unpaired) electrons. The van der Waals surface area contributed by atoms with Crippen molar-refractivity contribution in [3.8, 4) is 0 Å². The first-order valence-corrected chi connectivity index (χ1v) is 4.67. The molecule has 0 bridgehead atoms. The lowest BCUT2D eigenvalue weighted by Crippen LogP contribution is -2.24. The number of amides is 1. The third-order valence-corrected chi connectivity index (χ3v) is 1.55. The molecule has 0 unspecified atom stereocenters. The molecule has 1 amide bonds. The Kier molecular flexibility index (Phi) is 6.45. The van der Waals surface area contributed by atoms with E-state index < -0.39 is 0 Å². The molecule has 0 aliphatic rings. The molecule has 0 aromatic rings. The summed E-state index contributed by atoms with van der Waals surface area (Å²) in [7, 11) is 0. The minimum absolute atomic E-state index is 0.0104. The van der Waals surface area contributed by atoms with Crippen molar-refractivity contribution in [2.45, 2.75) is 26.7 Å². The van der Waals surface area contributed by atoms with Crippen LogP contribution < -0.4 is 5.32 Å². The predicted molar refractivity (Wildman–Crippen MR) is 53.7 cm³/mol. The van der Waals surface area contributed by atoms with E-state index in [9.17, 15) is 9.59 Å². The van der Waals surface area contributed by atoms with Gasteiger partial charge >= 0.3 is 5.97 Å². The highest BCUT2D eigenvalue weighted by atomic mass is 16.5. The first-order chi connectivity index (χ1) is 6.57. The van der Waals surface area contributed by atoms with E-state index in [4.69, 9.17) is 4.74 Å². The summed E-state index contributed by atoms with van der Waals surface area (Å²) in [4.78, 5) is 21.7. The molecule has 0 saturated carbocycles. The monoisotopic (exact) mass is 199 g/mol. The Bertz CT molecular complexity index is 223. The number of carbonyl (C=O) groups is 2. The topological polar surface area (TPSA) is 55.4 Å². The molecule has 4 heteroatoms. The zero-order valence-electron chi connectivity index (χ0n) is 8.76. The number of rotatable bonds is 6. The maximum atomic E-state index is 10.9. The van der Waals surface area contributed by atoms with E-state index in [1.807, 2.05) is 0 Å². The second kappa shape index (κ2) is 7.12. The Morgan fingerprint density at radius 3 is 2.57 bits per heavy atom. The number of nitrogens with one attached hydrogen (secondary N) is 1. The highest BCUT2D eigenvalue weighted by Crippen LogP contribution is 1.92. The average Bonchev–Trinajstić information content (AvgIpc) is 2.16. The van der Waals surface area contributed by atoms with E-state index in [0.29, 0.717) is 31.6 Å². The molecule has 0 aromatic heterocycles. The fraction of sp³-hybridized carbons (Fsp3) is 0.600. The van der Waals surface area contributed by atoms with Gasteiger partial charge in [0.1, 0.15) is 0 Å². The fourth-order valence-electron chi connectivity index (χ4n) is 0.713. The van der Waals surface area contributed by atoms with Gasteiger partial charge in [-0.2, -0.15) is 0 Å². The van der Waals surface area contributed by atoms with E-state index in [2.05, 4.69) is 11.9 Å². The van der Waals surface area contributed by atoms with Crippen LogP contribution in [0.3, 0.4) is 0 Å². The summed E-state index contributed by atoms with van der Waals surface area (Å²) in [6.07, 6.45) is 1.11. The van der Waals surface area contributed by atoms with Crippen molar-refractivity contribution < 1.29 is 14.3 Å². The maximum absolute atomic E-state index is 10.9. The van der Waals surface area contributed by atoms with Crippen LogP contribution in [-0.2, 0) is 14.3 Å². The van der Waals surface area contributed by atoms with Crippen LogP contribution in [0.1, 0.15) is 26.7 Å². The summed E-state index contributed by atoms with van der Waals surface area (Å²) < 4.78 is 4.83. The van der Waals surface area contributed by atoms with Crippen molar-refractivity contribution in [3.63, 3.8) is 0 Å². The summed E-state index contributed by atoms with van der Waals surface area (Å²) >= 11 is 0. The predicted octanol–water partition coefficient (Wildman–Crippen LogP) is 1.02. The Morgan fingerprint density at radius 2 is 2.07 bits per heavy atom. The van der Waals surface area contributed by atoms with Crippen molar-refractivity contribution in [2.24, 2.45) is 0 Å². The van der Waals surface area contributed by atoms with Crippen LogP contribution in [0.2, 0.25) is 0 Å². The average molecular weight is 199 g/mol. The number of carbonyl (C=O) groups excluding carboxylic acids is 2. The van der Waals surface area contributed by atoms with Gasteiger partial charge < -0.3 is 10.1 Å². The summed E-state index contributed by atoms with van der Waals surface area (Å²) in [5.74, 6) is -0.372. The Balaban J connectivity index is 3.34. The lowest BCUT2D eigenvalue weighted by Gasteiger charge is -2.04. The Morgan fingerprint density at radius 1 is 1.43 bits per heavy atom. The lowest BCUT2D eigenvalue weighted by molar-refractivity contribution is -0.138. The van der Waals surface area contributed by atoms with Crippen molar-refractivity contribution >= 4 is 11.9 Å². The van der Waals surface area contributed by atoms with E-state index in [1.54, 1.807) is 13.8 Å². The van der Waals surface area contributed by atoms with Crippen LogP contribution in [0.25, 0.3) is 0 Å². The maximum Gasteiger partial charge on any atom is 0.333 e. The molecule has 14 heavy (non-hydrogen) atoms. The van der Waals surface area contributed by atoms with Crippen LogP contribution in [-0.4, -0.2) is 25.0 Å². The minimum atomic E-state index is -0.383. The van der Waals surface area contributed by atoms with E-state index in [0.717, 1.165) is 0 Å². The SMILES string of the molecule is C=C(C)C(=O)OCCCNC(=O)CC. The third kappa shape index (κ3) is 6.22. The standard InChI is InChI=1S/C10H17NO3/c1-4-9(12)11-6-5-7-14-10(13)8(2)3/h2,4-7H2,1,3H3,(H,11,12). The summed E-state index contributed by atoms with van der Waals surface area (Å²) in [6.45, 7) is 7.69. The van der Waals surface area contributed by atoms with E-state index in [-0.39, 0.29) is 11.9 Å². The van der Waals surface area contributed by atoms with Crippen molar-refractivity contribution in [2.75, 3.05) is 13.2 Å². The molecule has 0 aromatic carbocycles. The van der Waals surface area contributed by atoms with Gasteiger partial charge in [-0.3, -0.25) is 4.79 Å². The highest BCUT2D eigenvalue weighted by molar-refractivity contribution is 5.86. The summed E-state index contributed by atoms with van der Waals surface area (Å²) in [6, 6.07) is 0. The molecule has 0 aliphatic heterocycles. The zero-order valence-corrected chi connectivity index (χ0v) is 8.76. The van der Waals surface area contributed by atoms with Gasteiger partial charge in [0, 0.05) is 18.5 Å². The van der Waals surface area contributed by atoms with Gasteiger partial charge in [-0.15, -0.1) is 0 Å². The fourth-order valence-corrected chi connectivity index (χ4v) is 0.713. The van der Waals surface area contributed by atoms with Gasteiger partial charge in [0.05, 0.1) is 6.61 Å². The minimum Gasteiger partial charge on any atom is -0.462 e. The first-order valence-electron chi connectivity index (χ1n) is 4.67. The quantitative estimate of drug-likeness (QED) is 0.395. The molecule has 80 valence electrons. The smallest absolute Gasteiger partial charge is 0.333 e. The molecule has 0 saturated heterocycles. The Labute approximate surface area is 84.3 Å². The van der Waals surface area contributed by atoms with Crippen LogP contribution in [0.4, 0.5) is 0 Å². The molecule has 0 atom stereocenters. The van der Waals surface area contributed by atoms with Crippen molar-refractivity contribution in [1.29, 1.82) is 0 Å². The second-order valence-corrected chi connectivity index (χ2v) is 2.97. The molecule has 0 aliphatic carbocycles. The van der Waals surface area contributed by atoms with Gasteiger partial charge in [0.2, 0.25) is 5.91 Å². The Hall–Kier alpha value is -1.32. The van der Waals surface area contributed by atoms with Crippen LogP contribution in [0.15, 0.2) is 12.2 Å². The first kappa shape index (κ1) is 12.7. The number of ether oxygens (including phenoxy) is 1. The number of esters is 1. The molecule has 1 N–H and O–H groups in total. The molecular formula is C10H17NO3. The van der Waals surface area contributed by atoms with Gasteiger partial charge in [-0.1, -0.05) is 13.5 Å². The van der Waals surface area contributed by atoms with E-state index in [1.165, 1.54) is 0 Å². The molecule has 0 heterocycles. The number of hydrogen-bond acceptors (Lipinski definition) is 3. The van der Waals surface area contributed by atoms with Crippen LogP contribution in [0.5, 0.6) is 0 Å². The van der Waals surface area contributed by atoms with E-state index >= 15 is 0 Å². The number of hydrogen-bond donors (Lipinski definition) is 1.